The summed E-state index contributed by atoms with van der Waals surface area (Å²) in [6.45, 7) is 1.95. The number of phenolic OH excluding ortho intramolecular Hbond substituents is 1. The average molecular weight is 361 g/mol. The minimum Gasteiger partial charge on any atom is -0.508 e. The van der Waals surface area contributed by atoms with Gasteiger partial charge >= 0.3 is 0 Å². The molecule has 5 nitrogen and oxygen atoms in total. The molecule has 0 amide bonds. The Labute approximate surface area is 154 Å². The number of rotatable bonds is 4. The van der Waals surface area contributed by atoms with Crippen molar-refractivity contribution in [2.45, 2.75) is 6.92 Å². The Bertz CT molecular complexity index is 1050. The third-order valence-electron chi connectivity index (χ3n) is 3.74. The lowest BCUT2D eigenvalue weighted by Crippen LogP contribution is -1.89. The van der Waals surface area contributed by atoms with Crippen LogP contribution in [0.25, 0.3) is 23.0 Å². The second-order valence-electron chi connectivity index (χ2n) is 5.73. The van der Waals surface area contributed by atoms with Crippen LogP contribution in [0.15, 0.2) is 64.5 Å². The van der Waals surface area contributed by atoms with Crippen LogP contribution in [0, 0.1) is 6.92 Å². The highest BCUT2D eigenvalue weighted by Gasteiger charge is 2.17. The number of aromatic nitrogens is 3. The molecule has 0 aliphatic rings. The Hall–Kier alpha value is -3.25. The van der Waals surface area contributed by atoms with E-state index < -0.39 is 0 Å². The SMILES string of the molecule is Cc1csc(C(=Cc2ccccc2)c2nc(-c3ccc(O)cc3)no2)n1. The van der Waals surface area contributed by atoms with Gasteiger partial charge in [0.1, 0.15) is 10.8 Å². The average Bonchev–Trinajstić information content (AvgIpc) is 3.31. The lowest BCUT2D eigenvalue weighted by Gasteiger charge is -1.99. The highest BCUT2D eigenvalue weighted by atomic mass is 32.1. The molecule has 2 heterocycles. The van der Waals surface area contributed by atoms with Gasteiger partial charge in [0.15, 0.2) is 0 Å². The molecule has 26 heavy (non-hydrogen) atoms. The van der Waals surface area contributed by atoms with Crippen LogP contribution in [0.3, 0.4) is 0 Å². The number of aromatic hydroxyl groups is 1. The molecule has 0 saturated carbocycles. The molecule has 1 N–H and O–H groups in total. The second-order valence-corrected chi connectivity index (χ2v) is 6.59. The number of aryl methyl sites for hydroxylation is 1. The zero-order valence-electron chi connectivity index (χ0n) is 14.0. The summed E-state index contributed by atoms with van der Waals surface area (Å²) in [6, 6.07) is 16.6. The van der Waals surface area contributed by atoms with Crippen molar-refractivity contribution in [1.29, 1.82) is 0 Å². The molecule has 0 fully saturated rings. The fourth-order valence-corrected chi connectivity index (χ4v) is 3.27. The maximum absolute atomic E-state index is 9.43. The van der Waals surface area contributed by atoms with Crippen LogP contribution in [0.1, 0.15) is 22.2 Å². The first kappa shape index (κ1) is 16.2. The van der Waals surface area contributed by atoms with Gasteiger partial charge in [-0.15, -0.1) is 11.3 Å². The number of phenols is 1. The van der Waals surface area contributed by atoms with Crippen LogP contribution in [0.5, 0.6) is 5.75 Å². The molecule has 4 aromatic rings. The van der Waals surface area contributed by atoms with Crippen molar-refractivity contribution < 1.29 is 9.63 Å². The van der Waals surface area contributed by atoms with Gasteiger partial charge in [0.05, 0.1) is 5.57 Å². The van der Waals surface area contributed by atoms with E-state index in [1.807, 2.05) is 48.7 Å². The normalized spacial score (nSPS) is 11.7. The van der Waals surface area contributed by atoms with E-state index in [1.165, 1.54) is 11.3 Å². The van der Waals surface area contributed by atoms with Crippen LogP contribution in [-0.4, -0.2) is 20.2 Å². The van der Waals surface area contributed by atoms with Gasteiger partial charge in [0, 0.05) is 16.6 Å². The number of hydrogen-bond donors (Lipinski definition) is 1. The van der Waals surface area contributed by atoms with Gasteiger partial charge in [-0.05, 0) is 42.8 Å². The Morgan fingerprint density at radius 2 is 1.81 bits per heavy atom. The monoisotopic (exact) mass is 361 g/mol. The summed E-state index contributed by atoms with van der Waals surface area (Å²) in [5.41, 5.74) is 3.53. The van der Waals surface area contributed by atoms with Crippen LogP contribution < -0.4 is 0 Å². The van der Waals surface area contributed by atoms with E-state index in [-0.39, 0.29) is 5.75 Å². The van der Waals surface area contributed by atoms with Crippen LogP contribution in [0.2, 0.25) is 0 Å². The van der Waals surface area contributed by atoms with Gasteiger partial charge in [0.25, 0.3) is 5.89 Å². The van der Waals surface area contributed by atoms with E-state index in [0.717, 1.165) is 27.4 Å². The fourth-order valence-electron chi connectivity index (χ4n) is 2.47. The number of thiazole rings is 1. The minimum absolute atomic E-state index is 0.195. The molecule has 0 aliphatic heterocycles. The summed E-state index contributed by atoms with van der Waals surface area (Å²) >= 11 is 1.54. The van der Waals surface area contributed by atoms with Crippen molar-refractivity contribution in [1.82, 2.24) is 15.1 Å². The Morgan fingerprint density at radius 1 is 1.04 bits per heavy atom. The highest BCUT2D eigenvalue weighted by Crippen LogP contribution is 2.29. The molecule has 2 aromatic heterocycles. The van der Waals surface area contributed by atoms with Crippen molar-refractivity contribution in [3.8, 4) is 17.1 Å². The Balaban J connectivity index is 1.77. The van der Waals surface area contributed by atoms with E-state index in [9.17, 15) is 5.11 Å². The lowest BCUT2D eigenvalue weighted by atomic mass is 10.1. The number of hydrogen-bond acceptors (Lipinski definition) is 6. The molecular weight excluding hydrogens is 346 g/mol. The molecule has 6 heteroatoms. The van der Waals surface area contributed by atoms with Crippen molar-refractivity contribution in [3.05, 3.63) is 82.1 Å². The molecule has 0 unspecified atom stereocenters. The molecule has 2 aromatic carbocycles. The first-order valence-electron chi connectivity index (χ1n) is 8.02. The van der Waals surface area contributed by atoms with E-state index in [1.54, 1.807) is 24.3 Å². The summed E-state index contributed by atoms with van der Waals surface area (Å²) < 4.78 is 5.52. The maximum atomic E-state index is 9.43. The first-order valence-corrected chi connectivity index (χ1v) is 8.90. The van der Waals surface area contributed by atoms with Crippen molar-refractivity contribution in [2.75, 3.05) is 0 Å². The van der Waals surface area contributed by atoms with E-state index in [2.05, 4.69) is 15.1 Å². The Kier molecular flexibility index (Phi) is 4.33. The Morgan fingerprint density at radius 3 is 2.50 bits per heavy atom. The fraction of sp³-hybridized carbons (Fsp3) is 0.0500. The first-order chi connectivity index (χ1) is 12.7. The number of benzene rings is 2. The topological polar surface area (TPSA) is 72.0 Å². The highest BCUT2D eigenvalue weighted by molar-refractivity contribution is 7.11. The maximum Gasteiger partial charge on any atom is 0.261 e. The van der Waals surface area contributed by atoms with E-state index in [4.69, 9.17) is 4.52 Å². The number of nitrogens with zero attached hydrogens (tertiary/aromatic N) is 3. The van der Waals surface area contributed by atoms with Crippen LogP contribution in [0.4, 0.5) is 0 Å². The molecule has 0 bridgehead atoms. The standard InChI is InChI=1S/C20H15N3O2S/c1-13-12-26-20(21-13)17(11-14-5-3-2-4-6-14)19-22-18(23-25-19)15-7-9-16(24)10-8-15/h2-12,24H,1H3. The van der Waals surface area contributed by atoms with Gasteiger partial charge in [-0.1, -0.05) is 35.5 Å². The van der Waals surface area contributed by atoms with E-state index in [0.29, 0.717) is 11.7 Å². The quantitative estimate of drug-likeness (QED) is 0.565. The summed E-state index contributed by atoms with van der Waals surface area (Å²) in [4.78, 5) is 9.10. The summed E-state index contributed by atoms with van der Waals surface area (Å²) in [7, 11) is 0. The second kappa shape index (κ2) is 6.93. The zero-order valence-corrected chi connectivity index (χ0v) is 14.8. The lowest BCUT2D eigenvalue weighted by molar-refractivity contribution is 0.409. The smallest absolute Gasteiger partial charge is 0.261 e. The third kappa shape index (κ3) is 3.41. The molecule has 128 valence electrons. The minimum atomic E-state index is 0.195. The molecule has 0 aliphatic carbocycles. The summed E-state index contributed by atoms with van der Waals surface area (Å²) in [5, 5.41) is 16.3. The van der Waals surface area contributed by atoms with Crippen molar-refractivity contribution >= 4 is 23.0 Å². The molecular formula is C20H15N3O2S. The molecule has 0 saturated heterocycles. The largest absolute Gasteiger partial charge is 0.508 e. The van der Waals surface area contributed by atoms with Crippen molar-refractivity contribution in [3.63, 3.8) is 0 Å². The van der Waals surface area contributed by atoms with Gasteiger partial charge in [-0.3, -0.25) is 0 Å². The third-order valence-corrected chi connectivity index (χ3v) is 4.74. The van der Waals surface area contributed by atoms with E-state index >= 15 is 0 Å². The summed E-state index contributed by atoms with van der Waals surface area (Å²) in [5.74, 6) is 1.07. The van der Waals surface area contributed by atoms with Gasteiger partial charge in [-0.25, -0.2) is 4.98 Å². The molecule has 4 rings (SSSR count). The van der Waals surface area contributed by atoms with Gasteiger partial charge < -0.3 is 9.63 Å². The van der Waals surface area contributed by atoms with Gasteiger partial charge in [-0.2, -0.15) is 4.98 Å². The summed E-state index contributed by atoms with van der Waals surface area (Å²) in [6.07, 6.45) is 1.99. The zero-order chi connectivity index (χ0) is 17.9. The molecule has 0 radical (unpaired) electrons. The predicted molar refractivity (Wildman–Crippen MR) is 102 cm³/mol. The van der Waals surface area contributed by atoms with Gasteiger partial charge in [0.2, 0.25) is 5.82 Å². The van der Waals surface area contributed by atoms with Crippen LogP contribution >= 0.6 is 11.3 Å². The molecule has 0 atom stereocenters. The van der Waals surface area contributed by atoms with Crippen molar-refractivity contribution in [2.24, 2.45) is 0 Å². The molecule has 0 spiro atoms. The predicted octanol–water partition coefficient (Wildman–Crippen LogP) is 4.80. The van der Waals surface area contributed by atoms with Crippen LogP contribution in [-0.2, 0) is 0 Å².